The summed E-state index contributed by atoms with van der Waals surface area (Å²) in [7, 11) is 2.84. The van der Waals surface area contributed by atoms with Crippen LogP contribution in [0.4, 0.5) is 0 Å². The molecule has 4 nitrogen and oxygen atoms in total. The van der Waals surface area contributed by atoms with Crippen LogP contribution in [0.25, 0.3) is 0 Å². The molecule has 0 radical (unpaired) electrons. The van der Waals surface area contributed by atoms with Gasteiger partial charge in [-0.05, 0) is 40.1 Å². The van der Waals surface area contributed by atoms with E-state index in [-0.39, 0.29) is 11.2 Å². The Labute approximate surface area is 127 Å². The highest BCUT2D eigenvalue weighted by Crippen LogP contribution is 2.36. The Morgan fingerprint density at radius 2 is 1.57 bits per heavy atom. The molecular weight excluding hydrogens is 267 g/mol. The molecule has 1 aliphatic heterocycles. The molecule has 1 fully saturated rings. The highest BCUT2D eigenvalue weighted by Gasteiger charge is 2.52. The summed E-state index contributed by atoms with van der Waals surface area (Å²) in [6, 6.07) is 5.56. The first-order valence-electron chi connectivity index (χ1n) is 7.00. The predicted molar refractivity (Wildman–Crippen MR) is 85.2 cm³/mol. The number of ether oxygens (including phenoxy) is 1. The lowest BCUT2D eigenvalue weighted by molar-refractivity contribution is 0.00578. The summed E-state index contributed by atoms with van der Waals surface area (Å²) < 4.78 is 16.2. The molecule has 0 atom stereocenters. The van der Waals surface area contributed by atoms with Gasteiger partial charge in [-0.1, -0.05) is 23.8 Å². The lowest BCUT2D eigenvalue weighted by Gasteiger charge is -2.32. The minimum Gasteiger partial charge on any atom is -0.399 e. The lowest BCUT2D eigenvalue weighted by Crippen LogP contribution is -2.41. The zero-order valence-corrected chi connectivity index (χ0v) is 14.0. The van der Waals surface area contributed by atoms with Gasteiger partial charge in [0.2, 0.25) is 0 Å². The summed E-state index contributed by atoms with van der Waals surface area (Å²) in [6.45, 7) is 10.1. The molecule has 2 rings (SSSR count). The Bertz CT molecular complexity index is 481. The van der Waals surface area contributed by atoms with Crippen LogP contribution in [0, 0.1) is 6.92 Å². The average Bonchev–Trinajstić information content (AvgIpc) is 2.60. The molecule has 1 aliphatic rings. The average molecular weight is 292 g/mol. The first-order valence-corrected chi connectivity index (χ1v) is 7.00. The number of carbonyl (C=O) groups excluding carboxylic acids is 1. The van der Waals surface area contributed by atoms with Gasteiger partial charge in [-0.25, -0.2) is 0 Å². The van der Waals surface area contributed by atoms with Crippen molar-refractivity contribution >= 4 is 18.9 Å². The number of hydrogen-bond acceptors (Lipinski definition) is 4. The van der Waals surface area contributed by atoms with Gasteiger partial charge in [0.15, 0.2) is 0 Å². The summed E-state index contributed by atoms with van der Waals surface area (Å²) in [5.41, 5.74) is 1.92. The van der Waals surface area contributed by atoms with E-state index >= 15 is 0 Å². The van der Waals surface area contributed by atoms with Gasteiger partial charge in [0, 0.05) is 19.8 Å². The van der Waals surface area contributed by atoms with Gasteiger partial charge >= 0.3 is 7.12 Å². The van der Waals surface area contributed by atoms with Crippen molar-refractivity contribution < 1.29 is 18.8 Å². The third-order valence-electron chi connectivity index (χ3n) is 3.95. The number of aryl methyl sites for hydroxylation is 1. The fraction of sp³-hybridized carbons (Fsp3) is 0.562. The highest BCUT2D eigenvalue weighted by molar-refractivity contribution is 6.62. The zero-order chi connectivity index (χ0) is 16.3. The van der Waals surface area contributed by atoms with Crippen molar-refractivity contribution in [3.63, 3.8) is 0 Å². The molecule has 0 unspecified atom stereocenters. The number of rotatable bonds is 2. The topological polar surface area (TPSA) is 44.8 Å². The molecule has 0 aromatic heterocycles. The van der Waals surface area contributed by atoms with Gasteiger partial charge < -0.3 is 14.0 Å². The summed E-state index contributed by atoms with van der Waals surface area (Å²) >= 11 is 0. The molecule has 0 aliphatic carbocycles. The van der Waals surface area contributed by atoms with Gasteiger partial charge in [-0.3, -0.25) is 4.79 Å². The molecule has 0 saturated carbocycles. The van der Waals surface area contributed by atoms with Crippen LogP contribution in [-0.4, -0.2) is 38.8 Å². The minimum absolute atomic E-state index is 0.360. The second-order valence-corrected chi connectivity index (χ2v) is 6.23. The normalized spacial score (nSPS) is 18.9. The predicted octanol–water partition coefficient (Wildman–Crippen LogP) is 2.37. The first kappa shape index (κ1) is 17.9. The van der Waals surface area contributed by atoms with Gasteiger partial charge in [0.25, 0.3) is 0 Å². The van der Waals surface area contributed by atoms with Crippen LogP contribution in [0.1, 0.15) is 43.6 Å². The van der Waals surface area contributed by atoms with E-state index in [1.165, 1.54) is 0 Å². The van der Waals surface area contributed by atoms with E-state index in [1.54, 1.807) is 20.3 Å². The second kappa shape index (κ2) is 6.73. The van der Waals surface area contributed by atoms with Crippen molar-refractivity contribution in [3.8, 4) is 0 Å². The van der Waals surface area contributed by atoms with Crippen LogP contribution < -0.4 is 5.46 Å². The molecule has 5 heteroatoms. The van der Waals surface area contributed by atoms with Gasteiger partial charge in [0.05, 0.1) is 11.2 Å². The molecule has 1 heterocycles. The van der Waals surface area contributed by atoms with Crippen molar-refractivity contribution in [2.45, 2.75) is 45.8 Å². The van der Waals surface area contributed by atoms with E-state index in [0.717, 1.165) is 17.3 Å². The van der Waals surface area contributed by atoms with Crippen LogP contribution in [-0.2, 0) is 14.0 Å². The molecule has 0 amide bonds. The molecule has 1 aromatic rings. The number of carbonyl (C=O) groups is 1. The summed E-state index contributed by atoms with van der Waals surface area (Å²) in [6.07, 6.45) is 0.841. The van der Waals surface area contributed by atoms with Crippen LogP contribution in [0.3, 0.4) is 0 Å². The molecule has 21 heavy (non-hydrogen) atoms. The fourth-order valence-electron chi connectivity index (χ4n) is 1.96. The van der Waals surface area contributed by atoms with Crippen LogP contribution in [0.2, 0.25) is 0 Å². The highest BCUT2D eigenvalue weighted by atomic mass is 16.7. The SMILES string of the molecule is COC.Cc1ccc(C=O)cc1B1OC(C)(C)C(C)(C)O1. The lowest BCUT2D eigenvalue weighted by atomic mass is 9.75. The second-order valence-electron chi connectivity index (χ2n) is 6.23. The molecule has 0 spiro atoms. The molecular formula is C16H25BO4. The zero-order valence-electron chi connectivity index (χ0n) is 14.0. The van der Waals surface area contributed by atoms with Gasteiger partial charge in [0.1, 0.15) is 6.29 Å². The third-order valence-corrected chi connectivity index (χ3v) is 3.95. The molecule has 1 saturated heterocycles. The third kappa shape index (κ3) is 3.93. The molecule has 1 aromatic carbocycles. The Morgan fingerprint density at radius 3 is 2.00 bits per heavy atom. The van der Waals surface area contributed by atoms with Gasteiger partial charge in [-0.15, -0.1) is 0 Å². The van der Waals surface area contributed by atoms with Crippen molar-refractivity contribution in [2.24, 2.45) is 0 Å². The van der Waals surface area contributed by atoms with E-state index in [1.807, 2.05) is 46.8 Å². The fourth-order valence-corrected chi connectivity index (χ4v) is 1.96. The van der Waals surface area contributed by atoms with E-state index in [4.69, 9.17) is 9.31 Å². The number of benzene rings is 1. The van der Waals surface area contributed by atoms with Crippen molar-refractivity contribution in [2.75, 3.05) is 14.2 Å². The van der Waals surface area contributed by atoms with E-state index in [0.29, 0.717) is 5.56 Å². The molecule has 0 bridgehead atoms. The summed E-state index contributed by atoms with van der Waals surface area (Å²) in [4.78, 5) is 10.9. The number of methoxy groups -OCH3 is 1. The van der Waals surface area contributed by atoms with E-state index in [9.17, 15) is 4.79 Å². The van der Waals surface area contributed by atoms with Crippen molar-refractivity contribution in [1.82, 2.24) is 0 Å². The largest absolute Gasteiger partial charge is 0.495 e. The van der Waals surface area contributed by atoms with Crippen LogP contribution in [0.5, 0.6) is 0 Å². The Kier molecular flexibility index (Phi) is 5.73. The first-order chi connectivity index (χ1) is 9.68. The smallest absolute Gasteiger partial charge is 0.399 e. The van der Waals surface area contributed by atoms with E-state index in [2.05, 4.69) is 4.74 Å². The maximum Gasteiger partial charge on any atom is 0.495 e. The minimum atomic E-state index is -0.408. The van der Waals surface area contributed by atoms with Crippen molar-refractivity contribution in [1.29, 1.82) is 0 Å². The molecule has 116 valence electrons. The van der Waals surface area contributed by atoms with Gasteiger partial charge in [-0.2, -0.15) is 0 Å². The summed E-state index contributed by atoms with van der Waals surface area (Å²) in [5.74, 6) is 0. The van der Waals surface area contributed by atoms with Crippen molar-refractivity contribution in [3.05, 3.63) is 29.3 Å². The van der Waals surface area contributed by atoms with Crippen LogP contribution in [0.15, 0.2) is 18.2 Å². The Morgan fingerprint density at radius 1 is 1.10 bits per heavy atom. The molecule has 0 N–H and O–H groups in total. The number of hydrogen-bond donors (Lipinski definition) is 0. The monoisotopic (exact) mass is 292 g/mol. The maximum absolute atomic E-state index is 10.9. The van der Waals surface area contributed by atoms with Crippen LogP contribution >= 0.6 is 0 Å². The Hall–Kier alpha value is -1.17. The number of aldehydes is 1. The maximum atomic E-state index is 10.9. The summed E-state index contributed by atoms with van der Waals surface area (Å²) in [5, 5.41) is 0. The van der Waals surface area contributed by atoms with E-state index < -0.39 is 7.12 Å². The Balaban J connectivity index is 0.000000677. The quantitative estimate of drug-likeness (QED) is 0.620. The standard InChI is InChI=1S/C14H19BO3.C2H6O/c1-10-6-7-11(9-16)8-12(10)15-17-13(2,3)14(4,5)18-15;1-3-2/h6-9H,1-5H3;1-2H3.